The number of carbonyl (C=O) groups excluding carboxylic acids is 2. The van der Waals surface area contributed by atoms with Crippen molar-refractivity contribution in [1.29, 1.82) is 0 Å². The third-order valence-corrected chi connectivity index (χ3v) is 3.72. The number of amides is 2. The van der Waals surface area contributed by atoms with Crippen LogP contribution in [0.1, 0.15) is 32.6 Å². The Labute approximate surface area is 114 Å². The second kappa shape index (κ2) is 6.70. The van der Waals surface area contributed by atoms with E-state index in [1.54, 1.807) is 0 Å². The van der Waals surface area contributed by atoms with Crippen LogP contribution in [-0.4, -0.2) is 49.4 Å². The van der Waals surface area contributed by atoms with Gasteiger partial charge in [-0.25, -0.2) is 0 Å². The summed E-state index contributed by atoms with van der Waals surface area (Å²) in [5, 5.41) is 2.80. The lowest BCUT2D eigenvalue weighted by atomic mass is 10.2. The van der Waals surface area contributed by atoms with Crippen LogP contribution >= 0.6 is 0 Å². The minimum absolute atomic E-state index is 0.0520. The van der Waals surface area contributed by atoms with E-state index in [0.29, 0.717) is 19.6 Å². The zero-order chi connectivity index (χ0) is 13.7. The van der Waals surface area contributed by atoms with Gasteiger partial charge >= 0.3 is 0 Å². The monoisotopic (exact) mass is 266 g/mol. The number of carbonyl (C=O) groups is 2. The first-order valence-corrected chi connectivity index (χ1v) is 7.30. The van der Waals surface area contributed by atoms with E-state index in [1.165, 1.54) is 5.70 Å². The lowest BCUT2D eigenvalue weighted by Crippen LogP contribution is -3.16. The third kappa shape index (κ3) is 3.80. The van der Waals surface area contributed by atoms with Crippen molar-refractivity contribution in [2.45, 2.75) is 32.6 Å². The Morgan fingerprint density at radius 3 is 3.00 bits per heavy atom. The molecule has 2 aliphatic rings. The van der Waals surface area contributed by atoms with E-state index >= 15 is 0 Å². The molecule has 2 N–H and O–H groups in total. The Morgan fingerprint density at radius 2 is 2.37 bits per heavy atom. The summed E-state index contributed by atoms with van der Waals surface area (Å²) < 4.78 is 0. The number of hydrogen-bond donors (Lipinski definition) is 2. The lowest BCUT2D eigenvalue weighted by Gasteiger charge is -2.28. The molecule has 1 saturated heterocycles. The van der Waals surface area contributed by atoms with Crippen molar-refractivity contribution in [2.75, 3.05) is 32.7 Å². The normalized spacial score (nSPS) is 22.9. The van der Waals surface area contributed by atoms with Crippen molar-refractivity contribution in [3.8, 4) is 0 Å². The minimum Gasteiger partial charge on any atom is -0.346 e. The molecule has 0 radical (unpaired) electrons. The van der Waals surface area contributed by atoms with Crippen LogP contribution in [0, 0.1) is 0 Å². The molecule has 1 heterocycles. The molecule has 2 amide bonds. The van der Waals surface area contributed by atoms with Crippen LogP contribution in [0.5, 0.6) is 0 Å². The highest BCUT2D eigenvalue weighted by Crippen LogP contribution is 2.21. The molecule has 1 aliphatic heterocycles. The fourth-order valence-corrected chi connectivity index (χ4v) is 2.77. The topological polar surface area (TPSA) is 53.9 Å². The molecule has 1 unspecified atom stereocenters. The second-order valence-corrected chi connectivity index (χ2v) is 5.34. The maximum atomic E-state index is 12.4. The molecule has 5 nitrogen and oxygen atoms in total. The first-order valence-electron chi connectivity index (χ1n) is 7.30. The summed E-state index contributed by atoms with van der Waals surface area (Å²) in [7, 11) is 0. The average molecular weight is 266 g/mol. The van der Waals surface area contributed by atoms with Crippen molar-refractivity contribution in [2.24, 2.45) is 0 Å². The van der Waals surface area contributed by atoms with Crippen LogP contribution in [0.25, 0.3) is 0 Å². The van der Waals surface area contributed by atoms with Gasteiger partial charge in [0.25, 0.3) is 11.8 Å². The Balaban J connectivity index is 1.93. The van der Waals surface area contributed by atoms with E-state index in [0.717, 1.165) is 43.7 Å². The number of rotatable bonds is 5. The van der Waals surface area contributed by atoms with Crippen molar-refractivity contribution in [1.82, 2.24) is 10.2 Å². The molecule has 106 valence electrons. The molecular weight excluding hydrogens is 242 g/mol. The van der Waals surface area contributed by atoms with Crippen molar-refractivity contribution >= 4 is 11.8 Å². The Morgan fingerprint density at radius 1 is 1.53 bits per heavy atom. The van der Waals surface area contributed by atoms with Gasteiger partial charge in [0.2, 0.25) is 0 Å². The first-order chi connectivity index (χ1) is 9.20. The molecule has 1 aliphatic carbocycles. The van der Waals surface area contributed by atoms with Crippen LogP contribution in [0.4, 0.5) is 0 Å². The molecule has 0 saturated carbocycles. The SMILES string of the molecule is CCCN(C(=O)C[NH+]1CCNC(=O)C1)C1=CCCC1. The van der Waals surface area contributed by atoms with Crippen LogP contribution < -0.4 is 10.2 Å². The van der Waals surface area contributed by atoms with Crippen molar-refractivity contribution < 1.29 is 14.5 Å². The minimum atomic E-state index is 0.0520. The smallest absolute Gasteiger partial charge is 0.281 e. The Hall–Kier alpha value is -1.36. The van der Waals surface area contributed by atoms with Crippen LogP contribution in [0.2, 0.25) is 0 Å². The van der Waals surface area contributed by atoms with Gasteiger partial charge in [0, 0.05) is 12.2 Å². The lowest BCUT2D eigenvalue weighted by molar-refractivity contribution is -0.885. The number of nitrogens with zero attached hydrogens (tertiary/aromatic N) is 1. The quantitative estimate of drug-likeness (QED) is 0.692. The largest absolute Gasteiger partial charge is 0.346 e. The Bertz CT molecular complexity index is 379. The summed E-state index contributed by atoms with van der Waals surface area (Å²) in [6, 6.07) is 0. The van der Waals surface area contributed by atoms with Crippen LogP contribution in [0.3, 0.4) is 0 Å². The summed E-state index contributed by atoms with van der Waals surface area (Å²) >= 11 is 0. The highest BCUT2D eigenvalue weighted by Gasteiger charge is 2.26. The molecule has 5 heteroatoms. The highest BCUT2D eigenvalue weighted by atomic mass is 16.2. The van der Waals surface area contributed by atoms with E-state index in [1.807, 2.05) is 4.90 Å². The zero-order valence-electron chi connectivity index (χ0n) is 11.7. The van der Waals surface area contributed by atoms with Gasteiger partial charge in [-0.15, -0.1) is 0 Å². The predicted molar refractivity (Wildman–Crippen MR) is 72.5 cm³/mol. The standard InChI is InChI=1S/C14H23N3O2/c1-2-8-17(12-5-3-4-6-12)14(19)11-16-9-7-15-13(18)10-16/h5H,2-4,6-11H2,1H3,(H,15,18)/p+1. The second-order valence-electron chi connectivity index (χ2n) is 5.34. The van der Waals surface area contributed by atoms with E-state index in [9.17, 15) is 9.59 Å². The fourth-order valence-electron chi connectivity index (χ4n) is 2.77. The van der Waals surface area contributed by atoms with Crippen molar-refractivity contribution in [3.63, 3.8) is 0 Å². The van der Waals surface area contributed by atoms with Gasteiger partial charge in [0.15, 0.2) is 13.1 Å². The predicted octanol–water partition coefficient (Wildman–Crippen LogP) is -0.692. The summed E-state index contributed by atoms with van der Waals surface area (Å²) in [5.41, 5.74) is 1.19. The summed E-state index contributed by atoms with van der Waals surface area (Å²) in [6.45, 7) is 5.27. The maximum absolute atomic E-state index is 12.4. The number of quaternary nitrogens is 1. The number of allylic oxidation sites excluding steroid dienone is 2. The van der Waals surface area contributed by atoms with Gasteiger partial charge < -0.3 is 15.1 Å². The van der Waals surface area contributed by atoms with Gasteiger partial charge in [0.1, 0.15) is 0 Å². The van der Waals surface area contributed by atoms with Crippen molar-refractivity contribution in [3.05, 3.63) is 11.8 Å². The van der Waals surface area contributed by atoms with Gasteiger partial charge in [-0.1, -0.05) is 13.0 Å². The number of hydrogen-bond acceptors (Lipinski definition) is 2. The molecule has 19 heavy (non-hydrogen) atoms. The van der Waals surface area contributed by atoms with Crippen LogP contribution in [0.15, 0.2) is 11.8 Å². The van der Waals surface area contributed by atoms with Gasteiger partial charge in [-0.05, 0) is 25.7 Å². The molecule has 1 atom stereocenters. The van der Waals surface area contributed by atoms with E-state index in [2.05, 4.69) is 18.3 Å². The van der Waals surface area contributed by atoms with E-state index in [4.69, 9.17) is 0 Å². The fraction of sp³-hybridized carbons (Fsp3) is 0.714. The number of piperazine rings is 1. The van der Waals surface area contributed by atoms with Gasteiger partial charge in [-0.2, -0.15) is 0 Å². The molecule has 0 aromatic rings. The molecule has 0 aromatic heterocycles. The molecule has 2 rings (SSSR count). The Kier molecular flexibility index (Phi) is 4.96. The number of nitrogens with one attached hydrogen (secondary N) is 2. The average Bonchev–Trinajstić information content (AvgIpc) is 2.89. The van der Waals surface area contributed by atoms with E-state index in [-0.39, 0.29) is 11.8 Å². The first kappa shape index (κ1) is 14.1. The summed E-state index contributed by atoms with van der Waals surface area (Å²) in [4.78, 5) is 26.8. The molecule has 0 bridgehead atoms. The summed E-state index contributed by atoms with van der Waals surface area (Å²) in [5.74, 6) is 0.218. The van der Waals surface area contributed by atoms with Gasteiger partial charge in [-0.3, -0.25) is 9.59 Å². The molecule has 0 aromatic carbocycles. The molecule has 1 fully saturated rings. The van der Waals surface area contributed by atoms with Gasteiger partial charge in [0.05, 0.1) is 13.1 Å². The van der Waals surface area contributed by atoms with Crippen LogP contribution in [-0.2, 0) is 9.59 Å². The summed E-state index contributed by atoms with van der Waals surface area (Å²) in [6.07, 6.45) is 6.41. The molecule has 0 spiro atoms. The zero-order valence-corrected chi connectivity index (χ0v) is 11.7. The highest BCUT2D eigenvalue weighted by molar-refractivity contribution is 5.80. The third-order valence-electron chi connectivity index (χ3n) is 3.72. The van der Waals surface area contributed by atoms with E-state index < -0.39 is 0 Å². The molecular formula is C14H24N3O2+. The maximum Gasteiger partial charge on any atom is 0.281 e.